The molecule has 3 aromatic carbocycles. The zero-order valence-electron chi connectivity index (χ0n) is 20.7. The van der Waals surface area contributed by atoms with Gasteiger partial charge >= 0.3 is 0 Å². The van der Waals surface area contributed by atoms with E-state index in [2.05, 4.69) is 5.32 Å². The van der Waals surface area contributed by atoms with Crippen LogP contribution in [0.1, 0.15) is 28.5 Å². The molecular formula is C29H29N3O4. The standard InChI is InChI=1S/C29H29N3O4/c1-29(28(34)30-17-22-9-5-7-11-26(22)36-3)19-31-24-10-6-4-8-21(24)16-25(31)27(33)32(29)18-20-12-14-23(35-2)15-13-20/h4-16H,17-19H2,1-3H3,(H,30,34). The maximum absolute atomic E-state index is 13.9. The normalized spacial score (nSPS) is 17.1. The summed E-state index contributed by atoms with van der Waals surface area (Å²) in [7, 11) is 3.22. The van der Waals surface area contributed by atoms with Crippen LogP contribution in [0.4, 0.5) is 0 Å². The Labute approximate surface area is 210 Å². The van der Waals surface area contributed by atoms with Crippen LogP contribution in [-0.2, 0) is 24.4 Å². The lowest BCUT2D eigenvalue weighted by Crippen LogP contribution is -2.63. The van der Waals surface area contributed by atoms with E-state index in [1.807, 2.05) is 90.4 Å². The molecule has 0 radical (unpaired) electrons. The van der Waals surface area contributed by atoms with Crippen molar-refractivity contribution in [2.75, 3.05) is 14.2 Å². The molecule has 0 spiro atoms. The van der Waals surface area contributed by atoms with Crippen LogP contribution in [0.25, 0.3) is 10.9 Å². The van der Waals surface area contributed by atoms with Gasteiger partial charge in [0, 0.05) is 29.6 Å². The fourth-order valence-electron chi connectivity index (χ4n) is 4.88. The molecule has 0 saturated heterocycles. The van der Waals surface area contributed by atoms with E-state index in [1.165, 1.54) is 0 Å². The van der Waals surface area contributed by atoms with Crippen LogP contribution in [-0.4, -0.2) is 41.0 Å². The predicted molar refractivity (Wildman–Crippen MR) is 138 cm³/mol. The average molecular weight is 484 g/mol. The first-order chi connectivity index (χ1) is 17.4. The number of carbonyl (C=O) groups is 2. The van der Waals surface area contributed by atoms with Crippen molar-refractivity contribution in [3.8, 4) is 11.5 Å². The van der Waals surface area contributed by atoms with Crippen LogP contribution in [0.5, 0.6) is 11.5 Å². The summed E-state index contributed by atoms with van der Waals surface area (Å²) >= 11 is 0. The molecule has 1 aliphatic heterocycles. The highest BCUT2D eigenvalue weighted by Crippen LogP contribution is 2.34. The lowest BCUT2D eigenvalue weighted by Gasteiger charge is -2.44. The molecule has 0 bridgehead atoms. The Morgan fingerprint density at radius 3 is 2.44 bits per heavy atom. The van der Waals surface area contributed by atoms with Crippen molar-refractivity contribution in [1.29, 1.82) is 0 Å². The zero-order valence-corrected chi connectivity index (χ0v) is 20.7. The van der Waals surface area contributed by atoms with E-state index in [0.717, 1.165) is 27.8 Å². The molecule has 1 atom stereocenters. The third kappa shape index (κ3) is 4.06. The Kier molecular flexibility index (Phi) is 6.14. The second-order valence-corrected chi connectivity index (χ2v) is 9.18. The Balaban J connectivity index is 1.51. The molecule has 36 heavy (non-hydrogen) atoms. The summed E-state index contributed by atoms with van der Waals surface area (Å²) in [5.74, 6) is 1.04. The van der Waals surface area contributed by atoms with E-state index >= 15 is 0 Å². The van der Waals surface area contributed by atoms with E-state index < -0.39 is 5.54 Å². The third-order valence-corrected chi connectivity index (χ3v) is 6.96. The van der Waals surface area contributed by atoms with E-state index in [1.54, 1.807) is 19.1 Å². The number of hydrogen-bond acceptors (Lipinski definition) is 4. The lowest BCUT2D eigenvalue weighted by molar-refractivity contribution is -0.133. The number of nitrogens with zero attached hydrogens (tertiary/aromatic N) is 2. The molecule has 7 heteroatoms. The molecule has 7 nitrogen and oxygen atoms in total. The summed E-state index contributed by atoms with van der Waals surface area (Å²) in [6, 6.07) is 24.9. The molecule has 1 N–H and O–H groups in total. The summed E-state index contributed by atoms with van der Waals surface area (Å²) in [6.07, 6.45) is 0. The molecule has 5 rings (SSSR count). The molecule has 0 aliphatic carbocycles. The SMILES string of the molecule is COc1ccc(CN2C(=O)c3cc4ccccc4n3CC2(C)C(=O)NCc2ccccc2OC)cc1. The molecule has 0 saturated carbocycles. The van der Waals surface area contributed by atoms with Gasteiger partial charge in [-0.3, -0.25) is 9.59 Å². The minimum Gasteiger partial charge on any atom is -0.497 e. The first kappa shape index (κ1) is 23.5. The average Bonchev–Trinajstić information content (AvgIpc) is 3.28. The van der Waals surface area contributed by atoms with E-state index in [0.29, 0.717) is 31.1 Å². The Morgan fingerprint density at radius 2 is 1.69 bits per heavy atom. The number of rotatable bonds is 7. The second-order valence-electron chi connectivity index (χ2n) is 9.18. The minimum absolute atomic E-state index is 0.178. The molecule has 0 fully saturated rings. The lowest BCUT2D eigenvalue weighted by atomic mass is 9.93. The number of para-hydroxylation sites is 2. The summed E-state index contributed by atoms with van der Waals surface area (Å²) in [6.45, 7) is 2.77. The number of aromatic nitrogens is 1. The van der Waals surface area contributed by atoms with Gasteiger partial charge in [0.2, 0.25) is 5.91 Å². The maximum atomic E-state index is 13.9. The van der Waals surface area contributed by atoms with Gasteiger partial charge in [-0.15, -0.1) is 0 Å². The summed E-state index contributed by atoms with van der Waals surface area (Å²) in [4.78, 5) is 29.4. The number of fused-ring (bicyclic) bond motifs is 3. The molecule has 4 aromatic rings. The molecule has 2 amide bonds. The van der Waals surface area contributed by atoms with Gasteiger partial charge in [0.25, 0.3) is 5.91 Å². The van der Waals surface area contributed by atoms with Crippen molar-refractivity contribution in [1.82, 2.24) is 14.8 Å². The van der Waals surface area contributed by atoms with Crippen molar-refractivity contribution in [2.45, 2.75) is 32.1 Å². The molecule has 1 aromatic heterocycles. The topological polar surface area (TPSA) is 72.8 Å². The third-order valence-electron chi connectivity index (χ3n) is 6.96. The van der Waals surface area contributed by atoms with Crippen molar-refractivity contribution in [3.05, 3.63) is 95.7 Å². The Bertz CT molecular complexity index is 1430. The summed E-state index contributed by atoms with van der Waals surface area (Å²) < 4.78 is 12.7. The maximum Gasteiger partial charge on any atom is 0.271 e. The quantitative estimate of drug-likeness (QED) is 0.423. The van der Waals surface area contributed by atoms with Gasteiger partial charge in [0.15, 0.2) is 0 Å². The van der Waals surface area contributed by atoms with Crippen LogP contribution in [0, 0.1) is 0 Å². The molecular weight excluding hydrogens is 454 g/mol. The number of hydrogen-bond donors (Lipinski definition) is 1. The zero-order chi connectivity index (χ0) is 25.3. The van der Waals surface area contributed by atoms with E-state index in [9.17, 15) is 9.59 Å². The van der Waals surface area contributed by atoms with E-state index in [4.69, 9.17) is 9.47 Å². The highest BCUT2D eigenvalue weighted by molar-refractivity contribution is 6.03. The fraction of sp³-hybridized carbons (Fsp3) is 0.241. The predicted octanol–water partition coefficient (Wildman–Crippen LogP) is 4.39. The number of nitrogens with one attached hydrogen (secondary N) is 1. The van der Waals surface area contributed by atoms with Gasteiger partial charge in [-0.2, -0.15) is 0 Å². The van der Waals surface area contributed by atoms with Gasteiger partial charge in [0.05, 0.1) is 20.8 Å². The Hall–Kier alpha value is -4.26. The smallest absolute Gasteiger partial charge is 0.271 e. The largest absolute Gasteiger partial charge is 0.497 e. The van der Waals surface area contributed by atoms with Gasteiger partial charge in [-0.05, 0) is 42.8 Å². The number of benzene rings is 3. The van der Waals surface area contributed by atoms with Gasteiger partial charge in [-0.25, -0.2) is 0 Å². The van der Waals surface area contributed by atoms with Crippen LogP contribution >= 0.6 is 0 Å². The monoisotopic (exact) mass is 483 g/mol. The van der Waals surface area contributed by atoms with Crippen molar-refractivity contribution >= 4 is 22.7 Å². The number of methoxy groups -OCH3 is 2. The van der Waals surface area contributed by atoms with Gasteiger partial charge in [0.1, 0.15) is 22.7 Å². The highest BCUT2D eigenvalue weighted by Gasteiger charge is 2.47. The van der Waals surface area contributed by atoms with E-state index in [-0.39, 0.29) is 11.8 Å². The van der Waals surface area contributed by atoms with Gasteiger partial charge < -0.3 is 24.3 Å². The van der Waals surface area contributed by atoms with Gasteiger partial charge in [-0.1, -0.05) is 48.5 Å². The highest BCUT2D eigenvalue weighted by atomic mass is 16.5. The van der Waals surface area contributed by atoms with Crippen LogP contribution in [0.15, 0.2) is 78.9 Å². The summed E-state index contributed by atoms with van der Waals surface area (Å²) in [5.41, 5.74) is 2.19. The fourth-order valence-corrected chi connectivity index (χ4v) is 4.88. The molecule has 2 heterocycles. The first-order valence-electron chi connectivity index (χ1n) is 11.9. The molecule has 1 unspecified atom stereocenters. The summed E-state index contributed by atoms with van der Waals surface area (Å²) in [5, 5.41) is 4.04. The Morgan fingerprint density at radius 1 is 0.972 bits per heavy atom. The number of ether oxygens (including phenoxy) is 2. The van der Waals surface area contributed by atoms with Crippen molar-refractivity contribution in [3.63, 3.8) is 0 Å². The van der Waals surface area contributed by atoms with Crippen LogP contribution < -0.4 is 14.8 Å². The minimum atomic E-state index is -1.12. The van der Waals surface area contributed by atoms with Crippen molar-refractivity contribution < 1.29 is 19.1 Å². The van der Waals surface area contributed by atoms with Crippen molar-refractivity contribution in [2.24, 2.45) is 0 Å². The second kappa shape index (κ2) is 9.41. The number of carbonyl (C=O) groups excluding carboxylic acids is 2. The number of amides is 2. The van der Waals surface area contributed by atoms with Crippen LogP contribution in [0.3, 0.4) is 0 Å². The first-order valence-corrected chi connectivity index (χ1v) is 11.9. The van der Waals surface area contributed by atoms with Crippen LogP contribution in [0.2, 0.25) is 0 Å². The molecule has 184 valence electrons. The molecule has 1 aliphatic rings.